The quantitative estimate of drug-likeness (QED) is 0.486. The Labute approximate surface area is 115 Å². The van der Waals surface area contributed by atoms with Crippen molar-refractivity contribution in [3.8, 4) is 6.07 Å². The number of hydrogen-bond acceptors (Lipinski definition) is 3. The van der Waals surface area contributed by atoms with Crippen LogP contribution in [0.1, 0.15) is 19.4 Å². The van der Waals surface area contributed by atoms with Crippen molar-refractivity contribution in [2.45, 2.75) is 20.3 Å². The molecule has 1 rings (SSSR count). The van der Waals surface area contributed by atoms with E-state index in [9.17, 15) is 4.79 Å². The number of halogens is 1. The largest absolute Gasteiger partial charge is 0.462 e. The molecule has 0 atom stereocenters. The van der Waals surface area contributed by atoms with Crippen LogP contribution < -0.4 is 0 Å². The number of hydrogen-bond donors (Lipinski definition) is 0. The zero-order chi connectivity index (χ0) is 13.5. The van der Waals surface area contributed by atoms with Crippen LogP contribution in [-0.4, -0.2) is 12.6 Å². The molecule has 0 aliphatic heterocycles. The molecule has 0 radical (unpaired) electrons. The number of benzene rings is 1. The van der Waals surface area contributed by atoms with E-state index in [-0.39, 0.29) is 12.2 Å². The number of nitrogens with zero attached hydrogens (tertiary/aromatic N) is 1. The van der Waals surface area contributed by atoms with Gasteiger partial charge in [-0.2, -0.15) is 5.26 Å². The van der Waals surface area contributed by atoms with Crippen LogP contribution in [0.25, 0.3) is 0 Å². The van der Waals surface area contributed by atoms with Gasteiger partial charge in [0.1, 0.15) is 11.6 Å². The molecular weight excluding hydrogens is 294 g/mol. The summed E-state index contributed by atoms with van der Waals surface area (Å²) in [5.41, 5.74) is 1.87. The van der Waals surface area contributed by atoms with Gasteiger partial charge in [-0.3, -0.25) is 0 Å². The molecule has 0 fully saturated rings. The van der Waals surface area contributed by atoms with E-state index in [0.717, 1.165) is 15.6 Å². The fourth-order valence-corrected chi connectivity index (χ4v) is 1.78. The van der Waals surface area contributed by atoms with Crippen LogP contribution in [0.15, 0.2) is 39.9 Å². The minimum atomic E-state index is -0.547. The average Bonchev–Trinajstić information content (AvgIpc) is 2.33. The summed E-state index contributed by atoms with van der Waals surface area (Å²) >= 11 is 3.36. The zero-order valence-corrected chi connectivity index (χ0v) is 12.0. The van der Waals surface area contributed by atoms with Crippen LogP contribution in [0.3, 0.4) is 0 Å². The van der Waals surface area contributed by atoms with Gasteiger partial charge in [0, 0.05) is 4.47 Å². The Kier molecular flexibility index (Phi) is 5.60. The summed E-state index contributed by atoms with van der Waals surface area (Å²) in [6.07, 6.45) is 0.564. The second-order valence-corrected chi connectivity index (χ2v) is 4.71. The van der Waals surface area contributed by atoms with Gasteiger partial charge < -0.3 is 4.74 Å². The van der Waals surface area contributed by atoms with Gasteiger partial charge in [0.2, 0.25) is 0 Å². The van der Waals surface area contributed by atoms with E-state index in [1.165, 1.54) is 0 Å². The van der Waals surface area contributed by atoms with E-state index in [1.807, 2.05) is 30.3 Å². The van der Waals surface area contributed by atoms with Gasteiger partial charge in [0.15, 0.2) is 0 Å². The summed E-state index contributed by atoms with van der Waals surface area (Å²) in [5.74, 6) is -0.547. The molecule has 4 heteroatoms. The summed E-state index contributed by atoms with van der Waals surface area (Å²) in [4.78, 5) is 11.5. The summed E-state index contributed by atoms with van der Waals surface area (Å²) < 4.78 is 5.84. The molecule has 0 aliphatic carbocycles. The molecule has 0 bridgehead atoms. The minimum absolute atomic E-state index is 0.0970. The summed E-state index contributed by atoms with van der Waals surface area (Å²) in [7, 11) is 0. The standard InChI is InChI=1S/C14H14BrNO2/c1-3-18-14(17)13(9-16)10(2)8-11-4-6-12(15)7-5-11/h4-7H,3,8H2,1-2H3. The third kappa shape index (κ3) is 4.01. The third-order valence-electron chi connectivity index (χ3n) is 2.40. The van der Waals surface area contributed by atoms with Crippen molar-refractivity contribution in [3.63, 3.8) is 0 Å². The SMILES string of the molecule is CCOC(=O)C(C#N)=C(C)Cc1ccc(Br)cc1. The molecule has 18 heavy (non-hydrogen) atoms. The van der Waals surface area contributed by atoms with E-state index in [4.69, 9.17) is 10.00 Å². The first kappa shape index (κ1) is 14.5. The Morgan fingerprint density at radius 1 is 1.39 bits per heavy atom. The van der Waals surface area contributed by atoms with Crippen molar-refractivity contribution in [2.24, 2.45) is 0 Å². The van der Waals surface area contributed by atoms with E-state index < -0.39 is 5.97 Å². The van der Waals surface area contributed by atoms with E-state index in [1.54, 1.807) is 13.8 Å². The van der Waals surface area contributed by atoms with Crippen molar-refractivity contribution in [1.82, 2.24) is 0 Å². The first-order valence-electron chi connectivity index (χ1n) is 5.60. The topological polar surface area (TPSA) is 50.1 Å². The van der Waals surface area contributed by atoms with Crippen LogP contribution >= 0.6 is 15.9 Å². The lowest BCUT2D eigenvalue weighted by Crippen LogP contribution is -2.09. The molecule has 0 amide bonds. The lowest BCUT2D eigenvalue weighted by atomic mass is 10.0. The molecule has 94 valence electrons. The van der Waals surface area contributed by atoms with Crippen molar-refractivity contribution in [1.29, 1.82) is 5.26 Å². The molecule has 1 aromatic carbocycles. The van der Waals surface area contributed by atoms with E-state index >= 15 is 0 Å². The van der Waals surface area contributed by atoms with E-state index in [2.05, 4.69) is 15.9 Å². The van der Waals surface area contributed by atoms with Crippen LogP contribution in [0.4, 0.5) is 0 Å². The fourth-order valence-electron chi connectivity index (χ4n) is 1.52. The van der Waals surface area contributed by atoms with Gasteiger partial charge in [-0.1, -0.05) is 28.1 Å². The van der Waals surface area contributed by atoms with Crippen LogP contribution in [0.5, 0.6) is 0 Å². The Balaban J connectivity index is 2.90. The van der Waals surface area contributed by atoms with Crippen molar-refractivity contribution >= 4 is 21.9 Å². The predicted molar refractivity (Wildman–Crippen MR) is 72.8 cm³/mol. The minimum Gasteiger partial charge on any atom is -0.462 e. The molecule has 0 heterocycles. The van der Waals surface area contributed by atoms with Gasteiger partial charge in [0.25, 0.3) is 0 Å². The maximum atomic E-state index is 11.5. The van der Waals surface area contributed by atoms with Crippen LogP contribution in [0, 0.1) is 11.3 Å². The number of carbonyl (C=O) groups is 1. The number of carbonyl (C=O) groups excluding carboxylic acids is 1. The monoisotopic (exact) mass is 307 g/mol. The molecule has 0 saturated heterocycles. The van der Waals surface area contributed by atoms with Crippen LogP contribution in [0.2, 0.25) is 0 Å². The highest BCUT2D eigenvalue weighted by molar-refractivity contribution is 9.10. The number of rotatable bonds is 4. The molecule has 3 nitrogen and oxygen atoms in total. The molecule has 0 N–H and O–H groups in total. The lowest BCUT2D eigenvalue weighted by Gasteiger charge is -2.06. The Hall–Kier alpha value is -1.60. The highest BCUT2D eigenvalue weighted by Crippen LogP contribution is 2.16. The molecule has 0 unspecified atom stereocenters. The maximum absolute atomic E-state index is 11.5. The van der Waals surface area contributed by atoms with Crippen molar-refractivity contribution in [2.75, 3.05) is 6.61 Å². The fraction of sp³-hybridized carbons (Fsp3) is 0.286. The van der Waals surface area contributed by atoms with Gasteiger partial charge in [0.05, 0.1) is 6.61 Å². The summed E-state index contributed by atoms with van der Waals surface area (Å²) in [6, 6.07) is 9.68. The van der Waals surface area contributed by atoms with Crippen LogP contribution in [-0.2, 0) is 16.0 Å². The second-order valence-electron chi connectivity index (χ2n) is 3.79. The normalized spacial score (nSPS) is 11.4. The van der Waals surface area contributed by atoms with Gasteiger partial charge in [-0.15, -0.1) is 0 Å². The first-order valence-corrected chi connectivity index (χ1v) is 6.39. The number of ether oxygens (including phenoxy) is 1. The second kappa shape index (κ2) is 6.97. The molecule has 0 spiro atoms. The molecule has 1 aromatic rings. The third-order valence-corrected chi connectivity index (χ3v) is 2.93. The van der Waals surface area contributed by atoms with Crippen molar-refractivity contribution in [3.05, 3.63) is 45.4 Å². The van der Waals surface area contributed by atoms with Gasteiger partial charge in [-0.25, -0.2) is 4.79 Å². The Morgan fingerprint density at radius 3 is 2.50 bits per heavy atom. The predicted octanol–water partition coefficient (Wildman–Crippen LogP) is 3.39. The molecular formula is C14H14BrNO2. The van der Waals surface area contributed by atoms with E-state index in [0.29, 0.717) is 6.42 Å². The zero-order valence-electron chi connectivity index (χ0n) is 10.4. The lowest BCUT2D eigenvalue weighted by molar-refractivity contribution is -0.138. The van der Waals surface area contributed by atoms with Crippen molar-refractivity contribution < 1.29 is 9.53 Å². The highest BCUT2D eigenvalue weighted by atomic mass is 79.9. The number of nitriles is 1. The highest BCUT2D eigenvalue weighted by Gasteiger charge is 2.13. The number of allylic oxidation sites excluding steroid dienone is 1. The van der Waals surface area contributed by atoms with Gasteiger partial charge in [-0.05, 0) is 43.5 Å². The summed E-state index contributed by atoms with van der Waals surface area (Å²) in [6.45, 7) is 3.77. The molecule has 0 aliphatic rings. The smallest absolute Gasteiger partial charge is 0.348 e. The molecule has 0 aromatic heterocycles. The summed E-state index contributed by atoms with van der Waals surface area (Å²) in [5, 5.41) is 9.00. The first-order chi connectivity index (χ1) is 8.58. The Morgan fingerprint density at radius 2 is 2.00 bits per heavy atom. The Bertz CT molecular complexity index is 498. The maximum Gasteiger partial charge on any atom is 0.348 e. The molecule has 0 saturated carbocycles. The van der Waals surface area contributed by atoms with Gasteiger partial charge >= 0.3 is 5.97 Å². The number of esters is 1. The average molecular weight is 308 g/mol.